The van der Waals surface area contributed by atoms with Crippen molar-refractivity contribution in [1.29, 1.82) is 0 Å². The van der Waals surface area contributed by atoms with Gasteiger partial charge in [0.2, 0.25) is 0 Å². The molecule has 2 N–H and O–H groups in total. The molecule has 0 fully saturated rings. The van der Waals surface area contributed by atoms with E-state index in [1.807, 2.05) is 5.32 Å². The van der Waals surface area contributed by atoms with Crippen LogP contribution in [0.15, 0.2) is 36.4 Å². The van der Waals surface area contributed by atoms with Crippen molar-refractivity contribution in [1.82, 2.24) is 5.32 Å². The minimum Gasteiger partial charge on any atom is -0.466 e. The molecule has 0 saturated carbocycles. The molecule has 2 aromatic rings. The van der Waals surface area contributed by atoms with Gasteiger partial charge in [0.05, 0.1) is 28.3 Å². The van der Waals surface area contributed by atoms with E-state index in [0.717, 1.165) is 25.3 Å². The van der Waals surface area contributed by atoms with E-state index in [9.17, 15) is 33.3 Å². The summed E-state index contributed by atoms with van der Waals surface area (Å²) < 4.78 is 30.9. The van der Waals surface area contributed by atoms with Gasteiger partial charge in [-0.25, -0.2) is 18.4 Å². The number of hydrogen-bond donors (Lipinski definition) is 2. The second-order valence-electron chi connectivity index (χ2n) is 5.54. The normalized spacial score (nSPS) is 10.5. The number of anilines is 1. The first-order valence-electron chi connectivity index (χ1n) is 7.93. The second kappa shape index (κ2) is 9.56. The Balaban J connectivity index is 2.26. The molecule has 2 aromatic carbocycles. The number of esters is 1. The second-order valence-corrected chi connectivity index (χ2v) is 5.95. The molecule has 12 heteroatoms. The van der Waals surface area contributed by atoms with Gasteiger partial charge in [-0.05, 0) is 29.8 Å². The molecule has 2 rings (SSSR count). The summed E-state index contributed by atoms with van der Waals surface area (Å²) in [4.78, 5) is 45.8. The number of nitrogens with one attached hydrogen (secondary N) is 2. The zero-order chi connectivity index (χ0) is 22.4. The lowest BCUT2D eigenvalue weighted by Crippen LogP contribution is -2.34. The lowest BCUT2D eigenvalue weighted by Gasteiger charge is -2.10. The van der Waals surface area contributed by atoms with E-state index in [4.69, 9.17) is 11.6 Å². The molecule has 0 bridgehead atoms. The van der Waals surface area contributed by atoms with Gasteiger partial charge in [-0.15, -0.1) is 0 Å². The van der Waals surface area contributed by atoms with Crippen molar-refractivity contribution in [3.63, 3.8) is 0 Å². The molecule has 0 aliphatic carbocycles. The summed E-state index contributed by atoms with van der Waals surface area (Å²) in [5.74, 6) is -4.49. The van der Waals surface area contributed by atoms with Crippen molar-refractivity contribution in [3.05, 3.63) is 74.3 Å². The quantitative estimate of drug-likeness (QED) is 0.240. The van der Waals surface area contributed by atoms with Crippen LogP contribution < -0.4 is 10.6 Å². The Bertz CT molecular complexity index is 1070. The highest BCUT2D eigenvalue weighted by Crippen LogP contribution is 2.24. The van der Waals surface area contributed by atoms with Crippen LogP contribution in [0.3, 0.4) is 0 Å². The number of urea groups is 1. The smallest absolute Gasteiger partial charge is 0.330 e. The van der Waals surface area contributed by atoms with Crippen LogP contribution in [0.25, 0.3) is 6.08 Å². The summed E-state index contributed by atoms with van der Waals surface area (Å²) in [7, 11) is 1.14. The molecule has 3 amide bonds. The first-order chi connectivity index (χ1) is 14.1. The van der Waals surface area contributed by atoms with Gasteiger partial charge in [-0.3, -0.25) is 20.2 Å². The van der Waals surface area contributed by atoms with Crippen molar-refractivity contribution in [2.24, 2.45) is 0 Å². The lowest BCUT2D eigenvalue weighted by molar-refractivity contribution is -0.384. The van der Waals surface area contributed by atoms with Gasteiger partial charge in [0, 0.05) is 18.2 Å². The number of carbonyl (C=O) groups is 3. The van der Waals surface area contributed by atoms with Crippen molar-refractivity contribution in [2.75, 3.05) is 12.4 Å². The molecule has 0 spiro atoms. The third kappa shape index (κ3) is 5.58. The Kier molecular flexibility index (Phi) is 7.15. The number of hydrogen-bond acceptors (Lipinski definition) is 6. The molecule has 0 aliphatic rings. The summed E-state index contributed by atoms with van der Waals surface area (Å²) in [5.41, 5.74) is -0.823. The zero-order valence-corrected chi connectivity index (χ0v) is 15.8. The number of nitrogens with zero attached hydrogens (tertiary/aromatic N) is 1. The van der Waals surface area contributed by atoms with Crippen molar-refractivity contribution < 1.29 is 32.8 Å². The van der Waals surface area contributed by atoms with Crippen molar-refractivity contribution in [2.45, 2.75) is 0 Å². The fourth-order valence-corrected chi connectivity index (χ4v) is 2.39. The van der Waals surface area contributed by atoms with E-state index >= 15 is 0 Å². The number of amides is 3. The predicted molar refractivity (Wildman–Crippen MR) is 102 cm³/mol. The van der Waals surface area contributed by atoms with Crippen molar-refractivity contribution >= 4 is 47.0 Å². The zero-order valence-electron chi connectivity index (χ0n) is 15.1. The van der Waals surface area contributed by atoms with Crippen LogP contribution in [-0.4, -0.2) is 29.9 Å². The van der Waals surface area contributed by atoms with Gasteiger partial charge < -0.3 is 10.1 Å². The van der Waals surface area contributed by atoms with Crippen LogP contribution in [0.2, 0.25) is 5.02 Å². The van der Waals surface area contributed by atoms with E-state index in [2.05, 4.69) is 10.1 Å². The number of ether oxygens (including phenoxy) is 1. The number of nitro benzene ring substituents is 1. The maximum Gasteiger partial charge on any atom is 0.330 e. The summed E-state index contributed by atoms with van der Waals surface area (Å²) in [6.07, 6.45) is 2.23. The molecular weight excluding hydrogens is 428 g/mol. The van der Waals surface area contributed by atoms with Crippen LogP contribution in [0.1, 0.15) is 15.9 Å². The third-order valence-corrected chi connectivity index (χ3v) is 3.89. The van der Waals surface area contributed by atoms with Crippen molar-refractivity contribution in [3.8, 4) is 0 Å². The van der Waals surface area contributed by atoms with E-state index in [1.165, 1.54) is 12.1 Å². The van der Waals surface area contributed by atoms with Gasteiger partial charge in [0.1, 0.15) is 0 Å². The number of non-ortho nitro benzene ring substituents is 1. The average Bonchev–Trinajstić information content (AvgIpc) is 2.68. The number of rotatable bonds is 5. The summed E-state index contributed by atoms with van der Waals surface area (Å²) in [6.45, 7) is 0. The lowest BCUT2D eigenvalue weighted by atomic mass is 10.1. The third-order valence-electron chi connectivity index (χ3n) is 3.58. The molecule has 0 aromatic heterocycles. The minimum atomic E-state index is -1.35. The summed E-state index contributed by atoms with van der Waals surface area (Å²) in [6, 6.07) is 3.31. The molecule has 0 heterocycles. The monoisotopic (exact) mass is 439 g/mol. The van der Waals surface area contributed by atoms with Gasteiger partial charge in [0.25, 0.3) is 11.6 Å². The van der Waals surface area contributed by atoms with Gasteiger partial charge in [-0.2, -0.15) is 0 Å². The molecule has 0 atom stereocenters. The van der Waals surface area contributed by atoms with Crippen LogP contribution >= 0.6 is 11.6 Å². The topological polar surface area (TPSA) is 128 Å². The van der Waals surface area contributed by atoms with E-state index in [0.29, 0.717) is 12.1 Å². The highest BCUT2D eigenvalue weighted by molar-refractivity contribution is 6.34. The molecule has 156 valence electrons. The highest BCUT2D eigenvalue weighted by Gasteiger charge is 2.18. The Morgan fingerprint density at radius 2 is 1.83 bits per heavy atom. The predicted octanol–water partition coefficient (Wildman–Crippen LogP) is 3.67. The number of nitro groups is 1. The first kappa shape index (κ1) is 22.4. The number of methoxy groups -OCH3 is 1. The van der Waals surface area contributed by atoms with Crippen LogP contribution in [0.4, 0.5) is 25.0 Å². The van der Waals surface area contributed by atoms with E-state index < -0.39 is 45.1 Å². The van der Waals surface area contributed by atoms with E-state index in [-0.39, 0.29) is 16.9 Å². The van der Waals surface area contributed by atoms with Gasteiger partial charge in [0.15, 0.2) is 11.6 Å². The molecule has 0 unspecified atom stereocenters. The summed E-state index contributed by atoms with van der Waals surface area (Å²) in [5, 5.41) is 14.6. The SMILES string of the molecule is COC(=O)/C=C/c1ccc([N+](=O)[O-])cc1NC(=O)NC(=O)c1cc(F)c(F)cc1Cl. The van der Waals surface area contributed by atoms with Crippen LogP contribution in [0.5, 0.6) is 0 Å². The maximum atomic E-state index is 13.3. The fourth-order valence-electron chi connectivity index (χ4n) is 2.16. The Morgan fingerprint density at radius 1 is 1.17 bits per heavy atom. The number of benzene rings is 2. The Hall–Kier alpha value is -3.86. The largest absolute Gasteiger partial charge is 0.466 e. The highest BCUT2D eigenvalue weighted by atomic mass is 35.5. The molecule has 0 radical (unpaired) electrons. The summed E-state index contributed by atoms with van der Waals surface area (Å²) >= 11 is 5.68. The Morgan fingerprint density at radius 3 is 2.47 bits per heavy atom. The molecular formula is C18H12ClF2N3O6. The average molecular weight is 440 g/mol. The Labute approximate surface area is 172 Å². The van der Waals surface area contributed by atoms with Gasteiger partial charge in [-0.1, -0.05) is 11.6 Å². The van der Waals surface area contributed by atoms with Gasteiger partial charge >= 0.3 is 12.0 Å². The molecule has 30 heavy (non-hydrogen) atoms. The maximum absolute atomic E-state index is 13.3. The van der Waals surface area contributed by atoms with Crippen LogP contribution in [-0.2, 0) is 9.53 Å². The van der Waals surface area contributed by atoms with Crippen LogP contribution in [0, 0.1) is 21.7 Å². The number of imide groups is 1. The molecule has 0 aliphatic heterocycles. The van der Waals surface area contributed by atoms with E-state index in [1.54, 1.807) is 0 Å². The first-order valence-corrected chi connectivity index (χ1v) is 8.31. The molecule has 0 saturated heterocycles. The molecule has 9 nitrogen and oxygen atoms in total. The number of halogens is 3. The minimum absolute atomic E-state index is 0.119. The number of carbonyl (C=O) groups excluding carboxylic acids is 3. The standard InChI is InChI=1S/C18H12ClF2N3O6/c1-30-16(25)5-3-9-2-4-10(24(28)29)6-15(9)22-18(27)23-17(26)11-7-13(20)14(21)8-12(11)19/h2-8H,1H3,(H2,22,23,26,27)/b5-3+. The fraction of sp³-hybridized carbons (Fsp3) is 0.0556.